The van der Waals surface area contributed by atoms with E-state index in [1.807, 2.05) is 38.1 Å². The summed E-state index contributed by atoms with van der Waals surface area (Å²) in [4.78, 5) is 15.3. The average Bonchev–Trinajstić information content (AvgIpc) is 3.18. The number of rotatable bonds is 8. The van der Waals surface area contributed by atoms with E-state index in [1.54, 1.807) is 19.2 Å². The fraction of sp³-hybridized carbons (Fsp3) is 0.238. The van der Waals surface area contributed by atoms with E-state index < -0.39 is 5.97 Å². The summed E-state index contributed by atoms with van der Waals surface area (Å²) in [7, 11) is 1.58. The molecule has 146 valence electrons. The first kappa shape index (κ1) is 19.7. The van der Waals surface area contributed by atoms with E-state index in [-0.39, 0.29) is 5.69 Å². The van der Waals surface area contributed by atoms with Crippen LogP contribution in [-0.2, 0) is 0 Å². The Morgan fingerprint density at radius 1 is 1.11 bits per heavy atom. The van der Waals surface area contributed by atoms with Gasteiger partial charge in [-0.2, -0.15) is 0 Å². The zero-order valence-corrected chi connectivity index (χ0v) is 16.7. The Labute approximate surface area is 167 Å². The third-order valence-corrected chi connectivity index (χ3v) is 5.17. The molecule has 0 spiro atoms. The Morgan fingerprint density at radius 3 is 2.54 bits per heavy atom. The standard InChI is InChI=1S/C21H21NO5S/c1-13-5-4-6-18(14(13)2)26-9-10-27-19-11-15(25-3)7-8-16(19)20-22-17(12-28-20)21(23)24/h4-8,11-12H,9-10H2,1-3H3,(H,23,24). The first-order valence-corrected chi connectivity index (χ1v) is 9.56. The summed E-state index contributed by atoms with van der Waals surface area (Å²) in [5, 5.41) is 11.2. The summed E-state index contributed by atoms with van der Waals surface area (Å²) >= 11 is 1.25. The van der Waals surface area contributed by atoms with E-state index in [9.17, 15) is 4.79 Å². The van der Waals surface area contributed by atoms with Crippen molar-refractivity contribution >= 4 is 17.3 Å². The van der Waals surface area contributed by atoms with Crippen LogP contribution in [0.3, 0.4) is 0 Å². The van der Waals surface area contributed by atoms with Crippen molar-refractivity contribution in [3.8, 4) is 27.8 Å². The van der Waals surface area contributed by atoms with Gasteiger partial charge < -0.3 is 19.3 Å². The van der Waals surface area contributed by atoms with E-state index in [0.717, 1.165) is 11.3 Å². The third kappa shape index (κ3) is 4.43. The number of hydrogen-bond acceptors (Lipinski definition) is 6. The largest absolute Gasteiger partial charge is 0.497 e. The molecule has 0 atom stereocenters. The van der Waals surface area contributed by atoms with Gasteiger partial charge in [0.05, 0.1) is 12.7 Å². The number of aromatic carboxylic acids is 1. The smallest absolute Gasteiger partial charge is 0.355 e. The van der Waals surface area contributed by atoms with Crippen molar-refractivity contribution in [1.82, 2.24) is 4.98 Å². The highest BCUT2D eigenvalue weighted by Crippen LogP contribution is 2.35. The zero-order chi connectivity index (χ0) is 20.1. The number of nitrogens with zero attached hydrogens (tertiary/aromatic N) is 1. The number of carboxylic acids is 1. The fourth-order valence-corrected chi connectivity index (χ4v) is 3.43. The van der Waals surface area contributed by atoms with Gasteiger partial charge in [-0.25, -0.2) is 9.78 Å². The first-order valence-electron chi connectivity index (χ1n) is 8.68. The Hall–Kier alpha value is -3.06. The molecule has 1 aromatic heterocycles. The van der Waals surface area contributed by atoms with Gasteiger partial charge >= 0.3 is 5.97 Å². The molecule has 0 amide bonds. The lowest BCUT2D eigenvalue weighted by molar-refractivity contribution is 0.0691. The predicted octanol–water partition coefficient (Wildman–Crippen LogP) is 4.59. The van der Waals surface area contributed by atoms with Gasteiger partial charge in [-0.15, -0.1) is 11.3 Å². The van der Waals surface area contributed by atoms with Gasteiger partial charge in [-0.1, -0.05) is 12.1 Å². The number of methoxy groups -OCH3 is 1. The van der Waals surface area contributed by atoms with Crippen LogP contribution in [0.2, 0.25) is 0 Å². The molecule has 0 saturated carbocycles. The van der Waals surface area contributed by atoms with Crippen LogP contribution < -0.4 is 14.2 Å². The van der Waals surface area contributed by atoms with Crippen LogP contribution in [-0.4, -0.2) is 36.4 Å². The molecule has 1 N–H and O–H groups in total. The monoisotopic (exact) mass is 399 g/mol. The molecule has 3 aromatic rings. The van der Waals surface area contributed by atoms with Crippen molar-refractivity contribution in [2.24, 2.45) is 0 Å². The molecule has 3 rings (SSSR count). The molecule has 0 bridgehead atoms. The van der Waals surface area contributed by atoms with Gasteiger partial charge in [-0.3, -0.25) is 0 Å². The normalized spacial score (nSPS) is 10.5. The number of thiazole rings is 1. The van der Waals surface area contributed by atoms with Gasteiger partial charge in [0.15, 0.2) is 5.69 Å². The Morgan fingerprint density at radius 2 is 1.86 bits per heavy atom. The van der Waals surface area contributed by atoms with Crippen molar-refractivity contribution in [2.45, 2.75) is 13.8 Å². The van der Waals surface area contributed by atoms with Crippen LogP contribution in [0.5, 0.6) is 17.2 Å². The number of aryl methyl sites for hydroxylation is 1. The van der Waals surface area contributed by atoms with Crippen LogP contribution in [0.25, 0.3) is 10.6 Å². The molecule has 1 heterocycles. The number of benzene rings is 2. The number of carbonyl (C=O) groups is 1. The second-order valence-electron chi connectivity index (χ2n) is 6.10. The molecule has 0 aliphatic heterocycles. The van der Waals surface area contributed by atoms with Crippen LogP contribution in [0.15, 0.2) is 41.8 Å². The molecule has 6 nitrogen and oxygen atoms in total. The van der Waals surface area contributed by atoms with E-state index >= 15 is 0 Å². The lowest BCUT2D eigenvalue weighted by Gasteiger charge is -2.14. The highest BCUT2D eigenvalue weighted by Gasteiger charge is 2.15. The summed E-state index contributed by atoms with van der Waals surface area (Å²) in [5.74, 6) is 0.986. The maximum Gasteiger partial charge on any atom is 0.355 e. The van der Waals surface area contributed by atoms with Crippen molar-refractivity contribution in [3.05, 3.63) is 58.6 Å². The highest BCUT2D eigenvalue weighted by molar-refractivity contribution is 7.13. The number of carboxylic acid groups (broad SMARTS) is 1. The van der Waals surface area contributed by atoms with Crippen LogP contribution in [0.1, 0.15) is 21.6 Å². The summed E-state index contributed by atoms with van der Waals surface area (Å²) in [6.07, 6.45) is 0. The molecule has 0 aliphatic carbocycles. The van der Waals surface area contributed by atoms with Gasteiger partial charge in [-0.05, 0) is 43.2 Å². The lowest BCUT2D eigenvalue weighted by atomic mass is 10.1. The third-order valence-electron chi connectivity index (χ3n) is 4.30. The van der Waals surface area contributed by atoms with E-state index in [2.05, 4.69) is 4.98 Å². The van der Waals surface area contributed by atoms with Gasteiger partial charge in [0.25, 0.3) is 0 Å². The molecule has 0 unspecified atom stereocenters. The van der Waals surface area contributed by atoms with Crippen LogP contribution in [0.4, 0.5) is 0 Å². The first-order chi connectivity index (χ1) is 13.5. The molecular weight excluding hydrogens is 378 g/mol. The van der Waals surface area contributed by atoms with Gasteiger partial charge in [0.2, 0.25) is 0 Å². The summed E-state index contributed by atoms with van der Waals surface area (Å²) in [6.45, 7) is 4.76. The molecule has 0 saturated heterocycles. The van der Waals surface area contributed by atoms with E-state index in [4.69, 9.17) is 19.3 Å². The summed E-state index contributed by atoms with van der Waals surface area (Å²) < 4.78 is 17.0. The van der Waals surface area contributed by atoms with Gasteiger partial charge in [0, 0.05) is 11.4 Å². The van der Waals surface area contributed by atoms with E-state index in [1.165, 1.54) is 22.3 Å². The molecular formula is C21H21NO5S. The Balaban J connectivity index is 1.73. The Kier molecular flexibility index (Phi) is 6.16. The maximum absolute atomic E-state index is 11.1. The van der Waals surface area contributed by atoms with Gasteiger partial charge in [0.1, 0.15) is 35.5 Å². The number of aromatic nitrogens is 1. The van der Waals surface area contributed by atoms with Crippen molar-refractivity contribution in [3.63, 3.8) is 0 Å². The second kappa shape index (κ2) is 8.75. The minimum atomic E-state index is -1.06. The lowest BCUT2D eigenvalue weighted by Crippen LogP contribution is -2.10. The molecule has 2 aromatic carbocycles. The quantitative estimate of drug-likeness (QED) is 0.558. The number of hydrogen-bond donors (Lipinski definition) is 1. The minimum absolute atomic E-state index is 0.0139. The minimum Gasteiger partial charge on any atom is -0.497 e. The molecule has 0 aliphatic rings. The molecule has 28 heavy (non-hydrogen) atoms. The molecule has 0 radical (unpaired) electrons. The summed E-state index contributed by atoms with van der Waals surface area (Å²) in [6, 6.07) is 11.3. The topological polar surface area (TPSA) is 77.9 Å². The van der Waals surface area contributed by atoms with Crippen molar-refractivity contribution < 1.29 is 24.1 Å². The molecule has 0 fully saturated rings. The van der Waals surface area contributed by atoms with E-state index in [0.29, 0.717) is 35.3 Å². The van der Waals surface area contributed by atoms with Crippen molar-refractivity contribution in [1.29, 1.82) is 0 Å². The SMILES string of the molecule is COc1ccc(-c2nc(C(=O)O)cs2)c(OCCOc2cccc(C)c2C)c1. The van der Waals surface area contributed by atoms with Crippen molar-refractivity contribution in [2.75, 3.05) is 20.3 Å². The number of ether oxygens (including phenoxy) is 3. The highest BCUT2D eigenvalue weighted by atomic mass is 32.1. The second-order valence-corrected chi connectivity index (χ2v) is 6.96. The fourth-order valence-electron chi connectivity index (χ4n) is 2.61. The summed E-state index contributed by atoms with van der Waals surface area (Å²) in [5.41, 5.74) is 3.00. The molecule has 7 heteroatoms. The van der Waals surface area contributed by atoms with Crippen LogP contribution >= 0.6 is 11.3 Å². The maximum atomic E-state index is 11.1. The Bertz CT molecular complexity index is 983. The zero-order valence-electron chi connectivity index (χ0n) is 15.9. The van der Waals surface area contributed by atoms with Crippen LogP contribution in [0, 0.1) is 13.8 Å². The predicted molar refractivity (Wildman–Crippen MR) is 108 cm³/mol. The average molecular weight is 399 g/mol.